The lowest BCUT2D eigenvalue weighted by atomic mass is 9.99. The Morgan fingerprint density at radius 1 is 1.28 bits per heavy atom. The van der Waals surface area contributed by atoms with Gasteiger partial charge >= 0.3 is 0 Å². The second-order valence-electron chi connectivity index (χ2n) is 8.48. The van der Waals surface area contributed by atoms with Gasteiger partial charge in [-0.15, -0.1) is 10.2 Å². The number of aromatic nitrogens is 3. The van der Waals surface area contributed by atoms with E-state index in [0.717, 1.165) is 62.8 Å². The maximum Gasteiger partial charge on any atom is 0.223 e. The van der Waals surface area contributed by atoms with Crippen molar-refractivity contribution < 1.29 is 14.3 Å². The van der Waals surface area contributed by atoms with Crippen molar-refractivity contribution in [2.24, 2.45) is 5.92 Å². The van der Waals surface area contributed by atoms with Crippen LogP contribution in [0.5, 0.6) is 5.75 Å². The van der Waals surface area contributed by atoms with Gasteiger partial charge in [0.2, 0.25) is 5.91 Å². The van der Waals surface area contributed by atoms with Crippen LogP contribution >= 0.6 is 0 Å². The third-order valence-electron chi connectivity index (χ3n) is 6.21. The summed E-state index contributed by atoms with van der Waals surface area (Å²) >= 11 is 0. The van der Waals surface area contributed by atoms with Gasteiger partial charge < -0.3 is 19.4 Å². The van der Waals surface area contributed by atoms with Crippen LogP contribution in [-0.4, -0.2) is 58.5 Å². The lowest BCUT2D eigenvalue weighted by molar-refractivity contribution is -0.128. The van der Waals surface area contributed by atoms with Crippen LogP contribution in [0.2, 0.25) is 0 Å². The number of ether oxygens (including phenoxy) is 2. The molecule has 1 unspecified atom stereocenters. The maximum atomic E-state index is 12.7. The Balaban J connectivity index is 1.38. The van der Waals surface area contributed by atoms with Crippen LogP contribution in [0.25, 0.3) is 0 Å². The molecule has 8 heteroatoms. The van der Waals surface area contributed by atoms with Gasteiger partial charge in [0.15, 0.2) is 5.82 Å². The van der Waals surface area contributed by atoms with E-state index < -0.39 is 0 Å². The highest BCUT2D eigenvalue weighted by Crippen LogP contribution is 2.22. The Kier molecular flexibility index (Phi) is 7.55. The summed E-state index contributed by atoms with van der Waals surface area (Å²) in [5.74, 6) is 2.82. The second kappa shape index (κ2) is 10.7. The molecule has 2 aliphatic heterocycles. The first-order valence-electron chi connectivity index (χ1n) is 11.5. The fraction of sp³-hybridized carbons (Fsp3) is 0.542. The molecule has 1 saturated heterocycles. The van der Waals surface area contributed by atoms with E-state index in [1.165, 1.54) is 5.56 Å². The third-order valence-corrected chi connectivity index (χ3v) is 6.21. The summed E-state index contributed by atoms with van der Waals surface area (Å²) in [5, 5.41) is 12.0. The molecule has 0 bridgehead atoms. The first kappa shape index (κ1) is 22.5. The van der Waals surface area contributed by atoms with Crippen molar-refractivity contribution in [2.45, 2.75) is 45.3 Å². The van der Waals surface area contributed by atoms with Crippen molar-refractivity contribution in [3.05, 3.63) is 54.1 Å². The smallest absolute Gasteiger partial charge is 0.223 e. The van der Waals surface area contributed by atoms with Gasteiger partial charge in [-0.25, -0.2) is 0 Å². The van der Waals surface area contributed by atoms with Crippen molar-refractivity contribution in [1.29, 1.82) is 0 Å². The normalized spacial score (nSPS) is 18.4. The fourth-order valence-electron chi connectivity index (χ4n) is 4.39. The number of nitrogens with zero attached hydrogens (tertiary/aromatic N) is 4. The molecule has 1 aromatic heterocycles. The van der Waals surface area contributed by atoms with Gasteiger partial charge in [0, 0.05) is 57.3 Å². The predicted molar refractivity (Wildman–Crippen MR) is 121 cm³/mol. The SMILES string of the molecule is C=CCOc1ccccc1CN1CCc2nnc(C(C)NC(=O)C3CCOCC3)n2CC1. The van der Waals surface area contributed by atoms with Crippen molar-refractivity contribution in [3.8, 4) is 5.75 Å². The van der Waals surface area contributed by atoms with Crippen LogP contribution in [0.15, 0.2) is 36.9 Å². The summed E-state index contributed by atoms with van der Waals surface area (Å²) in [6, 6.07) is 7.98. The zero-order valence-electron chi connectivity index (χ0n) is 18.8. The standard InChI is InChI=1S/C24H33N5O3/c1-3-14-32-21-7-5-4-6-20(21)17-28-11-8-22-26-27-23(29(22)13-12-28)18(2)25-24(30)19-9-15-31-16-10-19/h3-7,18-19H,1,8-17H2,2H3,(H,25,30). The minimum Gasteiger partial charge on any atom is -0.489 e. The second-order valence-corrected chi connectivity index (χ2v) is 8.48. The molecule has 1 fully saturated rings. The molecule has 172 valence electrons. The summed E-state index contributed by atoms with van der Waals surface area (Å²) in [6.45, 7) is 10.9. The molecule has 0 saturated carbocycles. The molecule has 8 nitrogen and oxygen atoms in total. The molecule has 0 radical (unpaired) electrons. The van der Waals surface area contributed by atoms with Crippen LogP contribution in [0.4, 0.5) is 0 Å². The van der Waals surface area contributed by atoms with Gasteiger partial charge in [0.25, 0.3) is 0 Å². The van der Waals surface area contributed by atoms with E-state index in [2.05, 4.69) is 37.6 Å². The minimum atomic E-state index is -0.175. The number of fused-ring (bicyclic) bond motifs is 1. The number of amides is 1. The first-order valence-corrected chi connectivity index (χ1v) is 11.5. The third kappa shape index (κ3) is 5.37. The van der Waals surface area contributed by atoms with E-state index in [1.54, 1.807) is 6.08 Å². The average Bonchev–Trinajstić information content (AvgIpc) is 3.13. The van der Waals surface area contributed by atoms with E-state index in [1.807, 2.05) is 25.1 Å². The van der Waals surface area contributed by atoms with E-state index >= 15 is 0 Å². The summed E-state index contributed by atoms with van der Waals surface area (Å²) in [6.07, 6.45) is 4.15. The molecular weight excluding hydrogens is 406 g/mol. The van der Waals surface area contributed by atoms with Gasteiger partial charge in [-0.3, -0.25) is 9.69 Å². The summed E-state index contributed by atoms with van der Waals surface area (Å²) in [7, 11) is 0. The summed E-state index contributed by atoms with van der Waals surface area (Å²) in [5.41, 5.74) is 1.17. The summed E-state index contributed by atoms with van der Waals surface area (Å²) in [4.78, 5) is 15.1. The van der Waals surface area contributed by atoms with Crippen LogP contribution < -0.4 is 10.1 Å². The largest absolute Gasteiger partial charge is 0.489 e. The number of carbonyl (C=O) groups is 1. The van der Waals surface area contributed by atoms with E-state index in [-0.39, 0.29) is 17.9 Å². The van der Waals surface area contributed by atoms with Gasteiger partial charge in [0.1, 0.15) is 18.2 Å². The summed E-state index contributed by atoms with van der Waals surface area (Å²) < 4.78 is 13.4. The topological polar surface area (TPSA) is 81.5 Å². The number of nitrogens with one attached hydrogen (secondary N) is 1. The zero-order chi connectivity index (χ0) is 22.3. The number of hydrogen-bond acceptors (Lipinski definition) is 6. The molecule has 1 amide bonds. The van der Waals surface area contributed by atoms with E-state index in [0.29, 0.717) is 19.8 Å². The molecular formula is C24H33N5O3. The average molecular weight is 440 g/mol. The predicted octanol–water partition coefficient (Wildman–Crippen LogP) is 2.51. The molecule has 3 heterocycles. The number of hydrogen-bond donors (Lipinski definition) is 1. The number of rotatable bonds is 8. The van der Waals surface area contributed by atoms with Gasteiger partial charge in [-0.1, -0.05) is 30.9 Å². The molecule has 1 atom stereocenters. The van der Waals surface area contributed by atoms with Crippen LogP contribution in [0, 0.1) is 5.92 Å². The highest BCUT2D eigenvalue weighted by Gasteiger charge is 2.26. The molecule has 1 aromatic carbocycles. The minimum absolute atomic E-state index is 0.0246. The van der Waals surface area contributed by atoms with Gasteiger partial charge in [0.05, 0.1) is 6.04 Å². The monoisotopic (exact) mass is 439 g/mol. The van der Waals surface area contributed by atoms with Gasteiger partial charge in [-0.2, -0.15) is 0 Å². The quantitative estimate of drug-likeness (QED) is 0.637. The molecule has 1 N–H and O–H groups in total. The van der Waals surface area contributed by atoms with Crippen molar-refractivity contribution >= 4 is 5.91 Å². The molecule has 0 aliphatic carbocycles. The number of benzene rings is 1. The molecule has 2 aliphatic rings. The van der Waals surface area contributed by atoms with E-state index in [9.17, 15) is 4.79 Å². The zero-order valence-corrected chi connectivity index (χ0v) is 18.8. The van der Waals surface area contributed by atoms with Crippen LogP contribution in [-0.2, 0) is 29.0 Å². The Morgan fingerprint density at radius 3 is 2.91 bits per heavy atom. The number of para-hydroxylation sites is 1. The highest BCUT2D eigenvalue weighted by atomic mass is 16.5. The first-order chi connectivity index (χ1) is 15.7. The Morgan fingerprint density at radius 2 is 2.09 bits per heavy atom. The van der Waals surface area contributed by atoms with Gasteiger partial charge in [-0.05, 0) is 25.8 Å². The lowest BCUT2D eigenvalue weighted by Gasteiger charge is -2.24. The van der Waals surface area contributed by atoms with Crippen molar-refractivity contribution in [2.75, 3.05) is 32.9 Å². The van der Waals surface area contributed by atoms with Crippen LogP contribution in [0.1, 0.15) is 43.0 Å². The fourth-order valence-corrected chi connectivity index (χ4v) is 4.39. The molecule has 4 rings (SSSR count). The molecule has 32 heavy (non-hydrogen) atoms. The van der Waals surface area contributed by atoms with Crippen molar-refractivity contribution in [3.63, 3.8) is 0 Å². The Hall–Kier alpha value is -2.71. The molecule has 0 spiro atoms. The van der Waals surface area contributed by atoms with Crippen LogP contribution in [0.3, 0.4) is 0 Å². The highest BCUT2D eigenvalue weighted by molar-refractivity contribution is 5.79. The Bertz CT molecular complexity index is 922. The number of carbonyl (C=O) groups excluding carboxylic acids is 1. The van der Waals surface area contributed by atoms with E-state index in [4.69, 9.17) is 9.47 Å². The molecule has 2 aromatic rings. The van der Waals surface area contributed by atoms with Crippen molar-refractivity contribution in [1.82, 2.24) is 25.0 Å². The maximum absolute atomic E-state index is 12.7. The Labute approximate surface area is 189 Å². The lowest BCUT2D eigenvalue weighted by Crippen LogP contribution is -2.36.